The van der Waals surface area contributed by atoms with Crippen molar-refractivity contribution in [2.75, 3.05) is 7.05 Å². The first-order valence-corrected chi connectivity index (χ1v) is 6.96. The third kappa shape index (κ3) is 3.72. The second kappa shape index (κ2) is 6.58. The van der Waals surface area contributed by atoms with Crippen molar-refractivity contribution in [3.63, 3.8) is 0 Å². The molecule has 0 aliphatic rings. The van der Waals surface area contributed by atoms with E-state index >= 15 is 0 Å². The Kier molecular flexibility index (Phi) is 5.73. The van der Waals surface area contributed by atoms with Gasteiger partial charge in [0.2, 0.25) is 0 Å². The molecular weight excluding hydrogens is 330 g/mol. The number of hydrogen-bond donors (Lipinski definition) is 1. The molecule has 0 amide bonds. The van der Waals surface area contributed by atoms with Gasteiger partial charge in [0.15, 0.2) is 0 Å². The van der Waals surface area contributed by atoms with Crippen LogP contribution >= 0.6 is 31.9 Å². The third-order valence-corrected chi connectivity index (χ3v) is 3.89. The molecule has 0 bridgehead atoms. The molecule has 1 atom stereocenters. The van der Waals surface area contributed by atoms with Crippen molar-refractivity contribution in [2.45, 2.75) is 25.8 Å². The molecule has 1 unspecified atom stereocenters. The average molecular weight is 347 g/mol. The van der Waals surface area contributed by atoms with E-state index in [1.54, 1.807) is 0 Å². The van der Waals surface area contributed by atoms with Crippen LogP contribution in [0.3, 0.4) is 0 Å². The lowest BCUT2D eigenvalue weighted by atomic mass is 9.99. The van der Waals surface area contributed by atoms with Gasteiger partial charge in [-0.25, -0.2) is 0 Å². The summed E-state index contributed by atoms with van der Waals surface area (Å²) in [6.07, 6.45) is 2.01. The fourth-order valence-corrected chi connectivity index (χ4v) is 2.48. The third-order valence-electron chi connectivity index (χ3n) is 2.67. The first-order chi connectivity index (χ1) is 7.58. The molecule has 1 aromatic rings. The molecular formula is C13H17Br2N. The Hall–Kier alpha value is -0.120. The molecule has 0 saturated carbocycles. The van der Waals surface area contributed by atoms with Gasteiger partial charge in [0.25, 0.3) is 0 Å². The molecule has 0 saturated heterocycles. The van der Waals surface area contributed by atoms with Gasteiger partial charge in [0, 0.05) is 15.0 Å². The molecule has 0 aliphatic heterocycles. The maximum absolute atomic E-state index is 4.07. The van der Waals surface area contributed by atoms with E-state index in [0.29, 0.717) is 6.04 Å². The summed E-state index contributed by atoms with van der Waals surface area (Å²) in [5.41, 5.74) is 2.54. The van der Waals surface area contributed by atoms with Gasteiger partial charge in [-0.1, -0.05) is 50.9 Å². The lowest BCUT2D eigenvalue weighted by Crippen LogP contribution is -2.17. The Balaban J connectivity index is 2.94. The maximum Gasteiger partial charge on any atom is 0.0366 e. The van der Waals surface area contributed by atoms with Crippen LogP contribution in [0.15, 0.2) is 39.3 Å². The predicted molar refractivity (Wildman–Crippen MR) is 77.7 cm³/mol. The maximum atomic E-state index is 4.07. The summed E-state index contributed by atoms with van der Waals surface area (Å²) in [6.45, 7) is 6.22. The molecule has 1 N–H and O–H groups in total. The van der Waals surface area contributed by atoms with Crippen LogP contribution in [0.25, 0.3) is 0 Å². The molecule has 1 aromatic carbocycles. The van der Waals surface area contributed by atoms with Crippen molar-refractivity contribution in [2.24, 2.45) is 0 Å². The van der Waals surface area contributed by atoms with Crippen LogP contribution in [-0.4, -0.2) is 7.05 Å². The highest BCUT2D eigenvalue weighted by Crippen LogP contribution is 2.30. The lowest BCUT2D eigenvalue weighted by molar-refractivity contribution is 0.580. The number of rotatable bonds is 5. The highest BCUT2D eigenvalue weighted by Gasteiger charge is 2.13. The largest absolute Gasteiger partial charge is 0.313 e. The zero-order chi connectivity index (χ0) is 12.1. The summed E-state index contributed by atoms with van der Waals surface area (Å²) in [5.74, 6) is 0. The Bertz CT molecular complexity index is 374. The quantitative estimate of drug-likeness (QED) is 0.753. The molecule has 0 spiro atoms. The van der Waals surface area contributed by atoms with Gasteiger partial charge in [0.1, 0.15) is 0 Å². The standard InChI is InChI=1S/C13H17Br2N/c1-4-9(2)7-13(16-3)11-8-10(14)5-6-12(11)15/h5-6,8,13,16H,2,4,7H2,1,3H3. The van der Waals surface area contributed by atoms with Crippen LogP contribution in [0.1, 0.15) is 31.4 Å². The van der Waals surface area contributed by atoms with Crippen molar-refractivity contribution in [1.82, 2.24) is 5.32 Å². The van der Waals surface area contributed by atoms with Crippen molar-refractivity contribution in [3.8, 4) is 0 Å². The van der Waals surface area contributed by atoms with E-state index in [-0.39, 0.29) is 0 Å². The first-order valence-electron chi connectivity index (χ1n) is 5.37. The van der Waals surface area contributed by atoms with E-state index in [2.05, 4.69) is 62.8 Å². The number of hydrogen-bond acceptors (Lipinski definition) is 1. The van der Waals surface area contributed by atoms with E-state index in [1.807, 2.05) is 13.1 Å². The van der Waals surface area contributed by atoms with Gasteiger partial charge in [-0.2, -0.15) is 0 Å². The van der Waals surface area contributed by atoms with Crippen molar-refractivity contribution in [1.29, 1.82) is 0 Å². The van der Waals surface area contributed by atoms with Crippen LogP contribution in [-0.2, 0) is 0 Å². The van der Waals surface area contributed by atoms with E-state index in [4.69, 9.17) is 0 Å². The minimum absolute atomic E-state index is 0.319. The topological polar surface area (TPSA) is 12.0 Å². The molecule has 0 aliphatic carbocycles. The van der Waals surface area contributed by atoms with Gasteiger partial charge < -0.3 is 5.32 Å². The van der Waals surface area contributed by atoms with Crippen LogP contribution in [0.2, 0.25) is 0 Å². The molecule has 88 valence electrons. The Morgan fingerprint density at radius 1 is 1.44 bits per heavy atom. The minimum atomic E-state index is 0.319. The molecule has 0 fully saturated rings. The molecule has 0 radical (unpaired) electrons. The Morgan fingerprint density at radius 3 is 2.69 bits per heavy atom. The smallest absolute Gasteiger partial charge is 0.0366 e. The second-order valence-corrected chi connectivity index (χ2v) is 5.58. The summed E-state index contributed by atoms with van der Waals surface area (Å²) in [4.78, 5) is 0. The number of benzene rings is 1. The zero-order valence-corrected chi connectivity index (χ0v) is 12.9. The van der Waals surface area contributed by atoms with Crippen molar-refractivity contribution >= 4 is 31.9 Å². The summed E-state index contributed by atoms with van der Waals surface area (Å²) in [6, 6.07) is 6.57. The number of halogens is 2. The molecule has 16 heavy (non-hydrogen) atoms. The normalized spacial score (nSPS) is 12.5. The van der Waals surface area contributed by atoms with Gasteiger partial charge in [-0.15, -0.1) is 0 Å². The molecule has 0 heterocycles. The monoisotopic (exact) mass is 345 g/mol. The van der Waals surface area contributed by atoms with E-state index in [9.17, 15) is 0 Å². The predicted octanol–water partition coefficient (Wildman–Crippen LogP) is 4.83. The Labute approximate surface area is 115 Å². The summed E-state index contributed by atoms with van der Waals surface area (Å²) in [5, 5.41) is 3.34. The second-order valence-electron chi connectivity index (χ2n) is 3.81. The summed E-state index contributed by atoms with van der Waals surface area (Å²) in [7, 11) is 1.99. The van der Waals surface area contributed by atoms with E-state index in [1.165, 1.54) is 11.1 Å². The first kappa shape index (κ1) is 13.9. The van der Waals surface area contributed by atoms with Gasteiger partial charge in [-0.3, -0.25) is 0 Å². The molecule has 1 nitrogen and oxygen atoms in total. The minimum Gasteiger partial charge on any atom is -0.313 e. The fourth-order valence-electron chi connectivity index (χ4n) is 1.58. The molecule has 3 heteroatoms. The van der Waals surface area contributed by atoms with Crippen LogP contribution in [0.5, 0.6) is 0 Å². The van der Waals surface area contributed by atoms with E-state index < -0.39 is 0 Å². The van der Waals surface area contributed by atoms with Crippen LogP contribution in [0, 0.1) is 0 Å². The Morgan fingerprint density at radius 2 is 2.12 bits per heavy atom. The van der Waals surface area contributed by atoms with Gasteiger partial charge in [-0.05, 0) is 43.7 Å². The van der Waals surface area contributed by atoms with Crippen molar-refractivity contribution in [3.05, 3.63) is 44.9 Å². The number of nitrogens with one attached hydrogen (secondary N) is 1. The van der Waals surface area contributed by atoms with Gasteiger partial charge in [0.05, 0.1) is 0 Å². The summed E-state index contributed by atoms with van der Waals surface area (Å²) < 4.78 is 2.24. The lowest BCUT2D eigenvalue weighted by Gasteiger charge is -2.19. The zero-order valence-electron chi connectivity index (χ0n) is 9.69. The SMILES string of the molecule is C=C(CC)CC(NC)c1cc(Br)ccc1Br. The van der Waals surface area contributed by atoms with Crippen molar-refractivity contribution < 1.29 is 0 Å². The summed E-state index contributed by atoms with van der Waals surface area (Å²) >= 11 is 7.10. The van der Waals surface area contributed by atoms with Crippen LogP contribution < -0.4 is 5.32 Å². The van der Waals surface area contributed by atoms with E-state index in [0.717, 1.165) is 21.8 Å². The van der Waals surface area contributed by atoms with Crippen LogP contribution in [0.4, 0.5) is 0 Å². The van der Waals surface area contributed by atoms with Gasteiger partial charge >= 0.3 is 0 Å². The molecule has 0 aromatic heterocycles. The fraction of sp³-hybridized carbons (Fsp3) is 0.385. The molecule has 1 rings (SSSR count). The highest BCUT2D eigenvalue weighted by molar-refractivity contribution is 9.11. The average Bonchev–Trinajstić information content (AvgIpc) is 2.29. The highest BCUT2D eigenvalue weighted by atomic mass is 79.9.